The molecule has 94 valence electrons. The highest BCUT2D eigenvalue weighted by molar-refractivity contribution is 6.30. The Labute approximate surface area is 107 Å². The van der Waals surface area contributed by atoms with Crippen LogP contribution < -0.4 is 5.32 Å². The first-order chi connectivity index (χ1) is 7.59. The Kier molecular flexibility index (Phi) is 4.54. The molecular formula is C10H9Cl2F2NO2. The maximum Gasteiger partial charge on any atom is 0.407 e. The van der Waals surface area contributed by atoms with E-state index < -0.39 is 23.8 Å². The number of rotatable bonds is 1. The molecule has 0 unspecified atom stereocenters. The van der Waals surface area contributed by atoms with Crippen LogP contribution in [0, 0.1) is 11.6 Å². The average Bonchev–Trinajstić information content (AvgIpc) is 2.24. The van der Waals surface area contributed by atoms with E-state index in [1.807, 2.05) is 0 Å². The highest BCUT2D eigenvalue weighted by Crippen LogP contribution is 2.29. The Bertz CT molecular complexity index is 443. The molecule has 17 heavy (non-hydrogen) atoms. The van der Waals surface area contributed by atoms with Crippen molar-refractivity contribution in [1.29, 1.82) is 0 Å². The zero-order valence-corrected chi connectivity index (χ0v) is 10.1. The fourth-order valence-corrected chi connectivity index (χ4v) is 1.77. The van der Waals surface area contributed by atoms with Crippen LogP contribution in [0.1, 0.15) is 18.0 Å². The second-order valence-corrected chi connectivity index (χ2v) is 3.79. The average molecular weight is 284 g/mol. The number of hydrogen-bond acceptors (Lipinski definition) is 2. The summed E-state index contributed by atoms with van der Waals surface area (Å²) in [5, 5.41) is 2.17. The number of ether oxygens (including phenoxy) is 1. The Balaban J connectivity index is 0.00000144. The number of hydrogen-bond donors (Lipinski definition) is 1. The number of nitrogens with one attached hydrogen (secondary N) is 1. The van der Waals surface area contributed by atoms with Crippen LogP contribution in [0.4, 0.5) is 13.6 Å². The zero-order valence-electron chi connectivity index (χ0n) is 8.50. The van der Waals surface area contributed by atoms with E-state index in [0.29, 0.717) is 6.42 Å². The second-order valence-electron chi connectivity index (χ2n) is 3.38. The summed E-state index contributed by atoms with van der Waals surface area (Å²) in [6.07, 6.45) is -0.380. The van der Waals surface area contributed by atoms with Crippen LogP contribution in [0.15, 0.2) is 12.1 Å². The van der Waals surface area contributed by atoms with E-state index in [0.717, 1.165) is 12.1 Å². The topological polar surface area (TPSA) is 38.3 Å². The van der Waals surface area contributed by atoms with Crippen molar-refractivity contribution in [3.8, 4) is 0 Å². The number of halogens is 4. The smallest absolute Gasteiger partial charge is 0.407 e. The fraction of sp³-hybridized carbons (Fsp3) is 0.300. The van der Waals surface area contributed by atoms with Gasteiger partial charge in [-0.2, -0.15) is 0 Å². The number of carbonyl (C=O) groups excluding carboxylic acids is 1. The van der Waals surface area contributed by atoms with Crippen molar-refractivity contribution in [3.05, 3.63) is 34.4 Å². The van der Waals surface area contributed by atoms with Crippen molar-refractivity contribution in [2.24, 2.45) is 0 Å². The van der Waals surface area contributed by atoms with Crippen molar-refractivity contribution in [2.75, 3.05) is 6.61 Å². The molecule has 1 aliphatic heterocycles. The molecule has 2 rings (SSSR count). The Morgan fingerprint density at radius 2 is 2.12 bits per heavy atom. The van der Waals surface area contributed by atoms with Crippen LogP contribution >= 0.6 is 24.0 Å². The maximum absolute atomic E-state index is 13.6. The quantitative estimate of drug-likeness (QED) is 0.804. The van der Waals surface area contributed by atoms with Crippen molar-refractivity contribution >= 4 is 30.1 Å². The summed E-state index contributed by atoms with van der Waals surface area (Å²) in [7, 11) is 0. The molecule has 1 amide bonds. The predicted molar refractivity (Wildman–Crippen MR) is 60.5 cm³/mol. The van der Waals surface area contributed by atoms with Gasteiger partial charge in [0.2, 0.25) is 0 Å². The lowest BCUT2D eigenvalue weighted by atomic mass is 10.0. The summed E-state index contributed by atoms with van der Waals surface area (Å²) < 4.78 is 31.7. The fourth-order valence-electron chi connectivity index (χ4n) is 1.60. The van der Waals surface area contributed by atoms with Crippen LogP contribution in [-0.4, -0.2) is 12.7 Å². The molecule has 7 heteroatoms. The molecule has 1 atom stereocenters. The van der Waals surface area contributed by atoms with Crippen LogP contribution in [0.2, 0.25) is 5.02 Å². The van der Waals surface area contributed by atoms with Gasteiger partial charge in [0.1, 0.15) is 11.6 Å². The van der Waals surface area contributed by atoms with Crippen molar-refractivity contribution < 1.29 is 18.3 Å². The number of alkyl carbamates (subject to hydrolysis) is 1. The van der Waals surface area contributed by atoms with Gasteiger partial charge >= 0.3 is 6.09 Å². The molecule has 0 bridgehead atoms. The van der Waals surface area contributed by atoms with Crippen LogP contribution in [0.5, 0.6) is 0 Å². The summed E-state index contributed by atoms with van der Waals surface area (Å²) in [5.74, 6) is -1.57. The molecule has 1 heterocycles. The van der Waals surface area contributed by atoms with Crippen LogP contribution in [-0.2, 0) is 4.74 Å². The molecule has 1 aliphatic rings. The highest BCUT2D eigenvalue weighted by Gasteiger charge is 2.27. The predicted octanol–water partition coefficient (Wildman–Crippen LogP) is 3.21. The lowest BCUT2D eigenvalue weighted by Crippen LogP contribution is -2.36. The van der Waals surface area contributed by atoms with Crippen molar-refractivity contribution in [2.45, 2.75) is 12.5 Å². The van der Waals surface area contributed by atoms with Gasteiger partial charge in [-0.3, -0.25) is 0 Å². The lowest BCUT2D eigenvalue weighted by molar-refractivity contribution is 0.114. The van der Waals surface area contributed by atoms with Gasteiger partial charge in [-0.1, -0.05) is 11.6 Å². The summed E-state index contributed by atoms with van der Waals surface area (Å²) in [6.45, 7) is 0.127. The molecule has 3 nitrogen and oxygen atoms in total. The number of cyclic esters (lactones) is 1. The molecule has 1 fully saturated rings. The van der Waals surface area contributed by atoms with Gasteiger partial charge in [-0.05, 0) is 12.1 Å². The molecule has 1 aromatic rings. The van der Waals surface area contributed by atoms with Gasteiger partial charge in [0, 0.05) is 12.0 Å². The first kappa shape index (κ1) is 14.0. The number of amides is 1. The molecule has 1 aromatic carbocycles. The van der Waals surface area contributed by atoms with Crippen molar-refractivity contribution in [1.82, 2.24) is 5.32 Å². The highest BCUT2D eigenvalue weighted by atomic mass is 35.5. The van der Waals surface area contributed by atoms with E-state index in [2.05, 4.69) is 10.1 Å². The molecule has 0 aromatic heterocycles. The standard InChI is InChI=1S/C10H8ClF2NO2.ClH/c11-5-1-2-6(12)8(9(5)13)7-3-4-16-10(15)14-7;/h1-2,7H,3-4H2,(H,14,15);1H/t7-;/m1./s1. The third-order valence-corrected chi connectivity index (χ3v) is 2.65. The van der Waals surface area contributed by atoms with Crippen LogP contribution in [0.25, 0.3) is 0 Å². The largest absolute Gasteiger partial charge is 0.449 e. The first-order valence-corrected chi connectivity index (χ1v) is 5.04. The van der Waals surface area contributed by atoms with E-state index in [1.165, 1.54) is 0 Å². The molecule has 0 spiro atoms. The Morgan fingerprint density at radius 3 is 2.76 bits per heavy atom. The normalized spacial score (nSPS) is 19.0. The minimum absolute atomic E-state index is 0. The van der Waals surface area contributed by atoms with E-state index in [-0.39, 0.29) is 29.6 Å². The van der Waals surface area contributed by atoms with Gasteiger partial charge in [-0.25, -0.2) is 13.6 Å². The van der Waals surface area contributed by atoms with Gasteiger partial charge < -0.3 is 10.1 Å². The van der Waals surface area contributed by atoms with Gasteiger partial charge in [0.15, 0.2) is 0 Å². The Morgan fingerprint density at radius 1 is 1.41 bits per heavy atom. The van der Waals surface area contributed by atoms with E-state index >= 15 is 0 Å². The minimum atomic E-state index is -0.839. The molecule has 0 aliphatic carbocycles. The summed E-state index contributed by atoms with van der Waals surface area (Å²) in [4.78, 5) is 10.9. The SMILES string of the molecule is Cl.O=C1N[C@@H](c2c(F)ccc(Cl)c2F)CCO1. The third-order valence-electron chi connectivity index (χ3n) is 2.36. The lowest BCUT2D eigenvalue weighted by Gasteiger charge is -2.24. The molecule has 0 radical (unpaired) electrons. The van der Waals surface area contributed by atoms with Crippen LogP contribution in [0.3, 0.4) is 0 Å². The van der Waals surface area contributed by atoms with E-state index in [9.17, 15) is 13.6 Å². The minimum Gasteiger partial charge on any atom is -0.449 e. The Hall–Kier alpha value is -1.07. The van der Waals surface area contributed by atoms with Crippen molar-refractivity contribution in [3.63, 3.8) is 0 Å². The summed E-state index contributed by atoms with van der Waals surface area (Å²) in [5.41, 5.74) is -0.218. The molecule has 0 saturated carbocycles. The van der Waals surface area contributed by atoms with Gasteiger partial charge in [-0.15, -0.1) is 12.4 Å². The van der Waals surface area contributed by atoms with E-state index in [4.69, 9.17) is 11.6 Å². The molecular weight excluding hydrogens is 275 g/mol. The van der Waals surface area contributed by atoms with Gasteiger partial charge in [0.25, 0.3) is 0 Å². The second kappa shape index (κ2) is 5.51. The number of carbonyl (C=O) groups is 1. The monoisotopic (exact) mass is 283 g/mol. The third kappa shape index (κ3) is 2.79. The van der Waals surface area contributed by atoms with Gasteiger partial charge in [0.05, 0.1) is 17.7 Å². The van der Waals surface area contributed by atoms with E-state index in [1.54, 1.807) is 0 Å². The first-order valence-electron chi connectivity index (χ1n) is 4.66. The molecule has 1 N–H and O–H groups in total. The maximum atomic E-state index is 13.6. The molecule has 1 saturated heterocycles. The zero-order chi connectivity index (χ0) is 11.7. The number of benzene rings is 1. The summed E-state index contributed by atoms with van der Waals surface area (Å²) in [6, 6.07) is 1.47. The summed E-state index contributed by atoms with van der Waals surface area (Å²) >= 11 is 5.56.